The molecule has 1 aliphatic heterocycles. The predicted molar refractivity (Wildman–Crippen MR) is 138 cm³/mol. The van der Waals surface area contributed by atoms with Gasteiger partial charge in [0, 0.05) is 30.4 Å². The molecule has 5 aliphatic rings. The lowest BCUT2D eigenvalue weighted by Crippen LogP contribution is -2.57. The minimum atomic E-state index is 0.0221. The van der Waals surface area contributed by atoms with Crippen molar-refractivity contribution in [2.24, 2.45) is 29.1 Å². The Bertz CT molecular complexity index is 1070. The first kappa shape index (κ1) is 23.3. The molecule has 4 bridgehead atoms. The van der Waals surface area contributed by atoms with Crippen molar-refractivity contribution in [3.05, 3.63) is 30.6 Å². The van der Waals surface area contributed by atoms with E-state index in [0.717, 1.165) is 46.5 Å². The fourth-order valence-electron chi connectivity index (χ4n) is 7.90. The van der Waals surface area contributed by atoms with Crippen molar-refractivity contribution in [2.45, 2.75) is 69.4 Å². The molecule has 6 nitrogen and oxygen atoms in total. The zero-order valence-corrected chi connectivity index (χ0v) is 21.4. The van der Waals surface area contributed by atoms with Gasteiger partial charge in [-0.2, -0.15) is 0 Å². The highest BCUT2D eigenvalue weighted by atomic mass is 32.2. The Morgan fingerprint density at radius 2 is 1.71 bits per heavy atom. The quantitative estimate of drug-likeness (QED) is 0.468. The van der Waals surface area contributed by atoms with Crippen molar-refractivity contribution in [2.75, 3.05) is 18.8 Å². The van der Waals surface area contributed by atoms with Gasteiger partial charge in [-0.1, -0.05) is 30.0 Å². The zero-order valence-electron chi connectivity index (χ0n) is 20.6. The summed E-state index contributed by atoms with van der Waals surface area (Å²) in [4.78, 5) is 36.7. The van der Waals surface area contributed by atoms with Crippen LogP contribution < -0.4 is 5.32 Å². The number of para-hydroxylation sites is 1. The number of benzene rings is 1. The third kappa shape index (κ3) is 4.56. The standard InChI is InChI=1S/C28H36N4O2S/c1-18(28-13-19-10-20(14-28)12-21(11-19)15-28)31-26(34)22-6-8-32(9-7-22)25(33)16-35-27-23-4-2-3-5-24(23)29-17-30-27/h2-5,17-22H,6-16H2,1H3,(H,31,34)/t18-,19?,20?,21?,28?/m1/s1. The monoisotopic (exact) mass is 492 g/mol. The molecule has 4 saturated carbocycles. The fraction of sp³-hybridized carbons (Fsp3) is 0.643. The van der Waals surface area contributed by atoms with Crippen molar-refractivity contribution in [1.29, 1.82) is 0 Å². The van der Waals surface area contributed by atoms with Crippen LogP contribution in [0.4, 0.5) is 0 Å². The molecule has 0 radical (unpaired) electrons. The smallest absolute Gasteiger partial charge is 0.232 e. The summed E-state index contributed by atoms with van der Waals surface area (Å²) in [6.45, 7) is 3.58. The van der Waals surface area contributed by atoms with E-state index in [1.54, 1.807) is 6.33 Å². The van der Waals surface area contributed by atoms with Crippen molar-refractivity contribution in [1.82, 2.24) is 20.2 Å². The van der Waals surface area contributed by atoms with Gasteiger partial charge in [-0.25, -0.2) is 9.97 Å². The number of aromatic nitrogens is 2. The van der Waals surface area contributed by atoms with E-state index in [0.29, 0.717) is 24.3 Å². The van der Waals surface area contributed by atoms with Gasteiger partial charge < -0.3 is 10.2 Å². The van der Waals surface area contributed by atoms with Gasteiger partial charge in [0.25, 0.3) is 0 Å². The van der Waals surface area contributed by atoms with Crippen LogP contribution in [0.3, 0.4) is 0 Å². The number of hydrogen-bond donors (Lipinski definition) is 1. The highest BCUT2D eigenvalue weighted by molar-refractivity contribution is 8.00. The number of piperidine rings is 1. The lowest BCUT2D eigenvalue weighted by atomic mass is 9.48. The third-order valence-electron chi connectivity index (χ3n) is 9.42. The summed E-state index contributed by atoms with van der Waals surface area (Å²) in [5, 5.41) is 5.28. The number of nitrogens with zero attached hydrogens (tertiary/aromatic N) is 3. The number of carbonyl (C=O) groups excluding carboxylic acids is 2. The number of amides is 2. The lowest BCUT2D eigenvalue weighted by Gasteiger charge is -2.59. The largest absolute Gasteiger partial charge is 0.353 e. The molecule has 35 heavy (non-hydrogen) atoms. The Hall–Kier alpha value is -2.15. The molecule has 0 spiro atoms. The number of rotatable bonds is 6. The number of hydrogen-bond acceptors (Lipinski definition) is 5. The van der Waals surface area contributed by atoms with Crippen LogP contribution in [0.2, 0.25) is 0 Å². The molecule has 7 heteroatoms. The Morgan fingerprint density at radius 1 is 1.06 bits per heavy atom. The van der Waals surface area contributed by atoms with Crippen LogP contribution in [-0.2, 0) is 9.59 Å². The molecule has 7 rings (SSSR count). The normalized spacial score (nSPS) is 31.0. The summed E-state index contributed by atoms with van der Waals surface area (Å²) in [5.74, 6) is 3.41. The third-order valence-corrected chi connectivity index (χ3v) is 10.4. The molecule has 1 N–H and O–H groups in total. The molecule has 2 heterocycles. The number of thioether (sulfide) groups is 1. The maximum atomic E-state index is 13.2. The number of carbonyl (C=O) groups is 2. The van der Waals surface area contributed by atoms with Crippen LogP contribution in [0.5, 0.6) is 0 Å². The Morgan fingerprint density at radius 3 is 2.40 bits per heavy atom. The van der Waals surface area contributed by atoms with Crippen LogP contribution in [0.1, 0.15) is 58.3 Å². The molecule has 4 aliphatic carbocycles. The van der Waals surface area contributed by atoms with Crippen LogP contribution >= 0.6 is 11.8 Å². The molecule has 2 amide bonds. The van der Waals surface area contributed by atoms with E-state index in [2.05, 4.69) is 22.2 Å². The first-order valence-corrected chi connectivity index (χ1v) is 14.4. The van der Waals surface area contributed by atoms with E-state index in [1.807, 2.05) is 29.2 Å². The number of likely N-dealkylation sites (tertiary alicyclic amines) is 1. The molecule has 186 valence electrons. The van der Waals surface area contributed by atoms with Crippen molar-refractivity contribution >= 4 is 34.5 Å². The maximum absolute atomic E-state index is 13.2. The molecular weight excluding hydrogens is 456 g/mol. The van der Waals surface area contributed by atoms with E-state index in [1.165, 1.54) is 50.3 Å². The van der Waals surface area contributed by atoms with Crippen LogP contribution in [-0.4, -0.2) is 51.6 Å². The van der Waals surface area contributed by atoms with Crippen LogP contribution in [0.15, 0.2) is 35.6 Å². The summed E-state index contributed by atoms with van der Waals surface area (Å²) in [6.07, 6.45) is 11.3. The van der Waals surface area contributed by atoms with Gasteiger partial charge in [0.1, 0.15) is 11.4 Å². The SMILES string of the molecule is C[C@@H](NC(=O)C1CCN(C(=O)CSc2ncnc3ccccc23)CC1)C12CC3CC(CC(C3)C1)C2. The molecule has 1 aromatic carbocycles. The van der Waals surface area contributed by atoms with Gasteiger partial charge in [-0.3, -0.25) is 9.59 Å². The molecule has 0 unspecified atom stereocenters. The summed E-state index contributed by atoms with van der Waals surface area (Å²) >= 11 is 1.47. The second-order valence-corrected chi connectivity index (χ2v) is 12.6. The number of fused-ring (bicyclic) bond motifs is 1. The summed E-state index contributed by atoms with van der Waals surface area (Å²) in [7, 11) is 0. The minimum absolute atomic E-state index is 0.0221. The second-order valence-electron chi connectivity index (χ2n) is 11.6. The summed E-state index contributed by atoms with van der Waals surface area (Å²) in [6, 6.07) is 8.15. The molecule has 1 aromatic heterocycles. The first-order chi connectivity index (χ1) is 17.0. The average Bonchev–Trinajstić information content (AvgIpc) is 2.86. The van der Waals surface area contributed by atoms with Gasteiger partial charge in [0.15, 0.2) is 0 Å². The topological polar surface area (TPSA) is 75.2 Å². The van der Waals surface area contributed by atoms with Gasteiger partial charge >= 0.3 is 0 Å². The number of nitrogens with one attached hydrogen (secondary N) is 1. The van der Waals surface area contributed by atoms with E-state index in [-0.39, 0.29) is 23.8 Å². The predicted octanol–water partition coefficient (Wildman–Crippen LogP) is 4.68. The van der Waals surface area contributed by atoms with Crippen LogP contribution in [0, 0.1) is 29.1 Å². The highest BCUT2D eigenvalue weighted by Crippen LogP contribution is 2.61. The van der Waals surface area contributed by atoms with Crippen LogP contribution in [0.25, 0.3) is 10.9 Å². The summed E-state index contributed by atoms with van der Waals surface area (Å²) in [5.41, 5.74) is 1.23. The molecular formula is C28H36N4O2S. The molecule has 5 fully saturated rings. The minimum Gasteiger partial charge on any atom is -0.353 e. The van der Waals surface area contributed by atoms with Gasteiger partial charge in [0.05, 0.1) is 11.3 Å². The zero-order chi connectivity index (χ0) is 24.0. The highest BCUT2D eigenvalue weighted by Gasteiger charge is 2.53. The van der Waals surface area contributed by atoms with Crippen molar-refractivity contribution < 1.29 is 9.59 Å². The van der Waals surface area contributed by atoms with E-state index < -0.39 is 0 Å². The van der Waals surface area contributed by atoms with E-state index in [9.17, 15) is 9.59 Å². The Kier molecular flexibility index (Phi) is 6.23. The van der Waals surface area contributed by atoms with Gasteiger partial charge in [0.2, 0.25) is 11.8 Å². The van der Waals surface area contributed by atoms with Crippen molar-refractivity contribution in [3.8, 4) is 0 Å². The Balaban J connectivity index is 0.995. The van der Waals surface area contributed by atoms with Gasteiger partial charge in [-0.15, -0.1) is 0 Å². The molecule has 2 aromatic rings. The fourth-order valence-corrected chi connectivity index (χ4v) is 8.79. The molecule has 1 atom stereocenters. The van der Waals surface area contributed by atoms with E-state index in [4.69, 9.17) is 0 Å². The van der Waals surface area contributed by atoms with E-state index >= 15 is 0 Å². The first-order valence-electron chi connectivity index (χ1n) is 13.4. The summed E-state index contributed by atoms with van der Waals surface area (Å²) < 4.78 is 0. The Labute approximate surface area is 212 Å². The average molecular weight is 493 g/mol. The lowest BCUT2D eigenvalue weighted by molar-refractivity contribution is -0.135. The van der Waals surface area contributed by atoms with Crippen molar-refractivity contribution in [3.63, 3.8) is 0 Å². The second kappa shape index (κ2) is 9.38. The maximum Gasteiger partial charge on any atom is 0.232 e. The van der Waals surface area contributed by atoms with Gasteiger partial charge in [-0.05, 0) is 87.5 Å². The molecule has 1 saturated heterocycles.